The summed E-state index contributed by atoms with van der Waals surface area (Å²) in [6.45, 7) is 5.80. The predicted molar refractivity (Wildman–Crippen MR) is 101 cm³/mol. The number of nitrogen functional groups attached to an aromatic ring is 1. The van der Waals surface area contributed by atoms with E-state index < -0.39 is 28.8 Å². The second-order valence-electron chi connectivity index (χ2n) is 7.42. The standard InChI is InChI=1S/C18H19N7O5.2Na/c1-18(2,3)11-7-12(19)25(24-11)16-21-15(22-17(30)23-16)20-10-5-8(13(26)27)4-9(6-10)14(28)29;;/h4-7H,19H2,1-3H3,(H,26,27)(H,28,29)(H2,20,21,22,23,30);;/q;2*+1/p-2. The van der Waals surface area contributed by atoms with Crippen LogP contribution in [0.3, 0.4) is 0 Å². The van der Waals surface area contributed by atoms with Gasteiger partial charge in [-0.3, -0.25) is 4.98 Å². The van der Waals surface area contributed by atoms with Gasteiger partial charge in [-0.15, -0.1) is 0 Å². The van der Waals surface area contributed by atoms with Gasteiger partial charge < -0.3 is 30.9 Å². The van der Waals surface area contributed by atoms with E-state index in [4.69, 9.17) is 5.73 Å². The van der Waals surface area contributed by atoms with E-state index in [0.29, 0.717) is 5.69 Å². The third-order valence-electron chi connectivity index (χ3n) is 4.00. The monoisotopic (exact) mass is 457 g/mol. The average Bonchev–Trinajstić information content (AvgIpc) is 3.03. The third-order valence-corrected chi connectivity index (χ3v) is 4.00. The molecule has 3 aromatic rings. The van der Waals surface area contributed by atoms with Crippen molar-refractivity contribution >= 4 is 29.4 Å². The minimum atomic E-state index is -1.59. The van der Waals surface area contributed by atoms with Crippen LogP contribution in [0.15, 0.2) is 29.1 Å². The maximum Gasteiger partial charge on any atom is 1.00 e. The number of nitrogens with one attached hydrogen (secondary N) is 2. The summed E-state index contributed by atoms with van der Waals surface area (Å²) in [5.41, 5.74) is 4.74. The Morgan fingerprint density at radius 1 is 1.03 bits per heavy atom. The zero-order chi connectivity index (χ0) is 22.2. The van der Waals surface area contributed by atoms with Gasteiger partial charge in [-0.05, 0) is 29.3 Å². The number of aromatic amines is 1. The van der Waals surface area contributed by atoms with Crippen LogP contribution >= 0.6 is 0 Å². The second kappa shape index (κ2) is 10.6. The molecule has 2 heterocycles. The summed E-state index contributed by atoms with van der Waals surface area (Å²) in [5.74, 6) is -3.24. The van der Waals surface area contributed by atoms with Gasteiger partial charge in [-0.25, -0.2) is 4.79 Å². The van der Waals surface area contributed by atoms with Gasteiger partial charge in [-0.1, -0.05) is 20.8 Å². The first-order valence-electron chi connectivity index (χ1n) is 8.63. The maximum absolute atomic E-state index is 12.0. The molecule has 156 valence electrons. The molecule has 14 heteroatoms. The zero-order valence-corrected chi connectivity index (χ0v) is 22.2. The normalized spacial score (nSPS) is 10.6. The number of nitrogens with two attached hydrogens (primary N) is 1. The van der Waals surface area contributed by atoms with Crippen molar-refractivity contribution in [3.63, 3.8) is 0 Å². The molecule has 0 aliphatic heterocycles. The smallest absolute Gasteiger partial charge is 0.545 e. The Hall–Kier alpha value is -2.22. The van der Waals surface area contributed by atoms with Crippen molar-refractivity contribution in [1.82, 2.24) is 24.7 Å². The van der Waals surface area contributed by atoms with Gasteiger partial charge in [-0.2, -0.15) is 19.7 Å². The van der Waals surface area contributed by atoms with E-state index in [1.54, 1.807) is 6.07 Å². The van der Waals surface area contributed by atoms with E-state index in [0.717, 1.165) is 18.2 Å². The fourth-order valence-electron chi connectivity index (χ4n) is 2.52. The van der Waals surface area contributed by atoms with Crippen molar-refractivity contribution in [2.24, 2.45) is 0 Å². The van der Waals surface area contributed by atoms with Crippen LogP contribution in [0.1, 0.15) is 47.2 Å². The van der Waals surface area contributed by atoms with E-state index in [-0.39, 0.29) is 87.9 Å². The number of rotatable bonds is 5. The van der Waals surface area contributed by atoms with Crippen LogP contribution in [-0.2, 0) is 5.41 Å². The molecule has 0 fully saturated rings. The molecule has 0 radical (unpaired) electrons. The number of aromatic carboxylic acids is 2. The van der Waals surface area contributed by atoms with Gasteiger partial charge in [0.05, 0.1) is 17.6 Å². The first kappa shape index (κ1) is 27.8. The van der Waals surface area contributed by atoms with Crippen molar-refractivity contribution in [3.8, 4) is 5.95 Å². The Labute approximate surface area is 226 Å². The van der Waals surface area contributed by atoms with Crippen molar-refractivity contribution in [2.45, 2.75) is 26.2 Å². The number of carboxylic acid groups (broad SMARTS) is 2. The maximum atomic E-state index is 12.0. The van der Waals surface area contributed by atoms with E-state index >= 15 is 0 Å². The zero-order valence-electron chi connectivity index (χ0n) is 18.2. The predicted octanol–water partition coefficient (Wildman–Crippen LogP) is -7.29. The average molecular weight is 457 g/mol. The summed E-state index contributed by atoms with van der Waals surface area (Å²) >= 11 is 0. The number of aromatic nitrogens is 5. The van der Waals surface area contributed by atoms with Gasteiger partial charge >= 0.3 is 64.8 Å². The molecule has 0 saturated heterocycles. The van der Waals surface area contributed by atoms with E-state index in [9.17, 15) is 24.6 Å². The van der Waals surface area contributed by atoms with E-state index in [2.05, 4.69) is 25.4 Å². The fraction of sp³-hybridized carbons (Fsp3) is 0.222. The van der Waals surface area contributed by atoms with Crippen LogP contribution in [0.5, 0.6) is 0 Å². The molecule has 0 saturated carbocycles. The summed E-state index contributed by atoms with van der Waals surface area (Å²) < 4.78 is 1.19. The molecule has 3 rings (SSSR count). The molecule has 0 aliphatic carbocycles. The van der Waals surface area contributed by atoms with Gasteiger partial charge in [0, 0.05) is 17.2 Å². The summed E-state index contributed by atoms with van der Waals surface area (Å²) in [4.78, 5) is 44.5. The minimum Gasteiger partial charge on any atom is -0.545 e. The van der Waals surface area contributed by atoms with Gasteiger partial charge in [0.2, 0.25) is 5.95 Å². The Morgan fingerprint density at radius 2 is 1.59 bits per heavy atom. The molecule has 32 heavy (non-hydrogen) atoms. The molecular weight excluding hydrogens is 440 g/mol. The number of benzene rings is 1. The van der Waals surface area contributed by atoms with Crippen LogP contribution in [0.2, 0.25) is 0 Å². The number of carbonyl (C=O) groups is 2. The van der Waals surface area contributed by atoms with Crippen molar-refractivity contribution in [1.29, 1.82) is 0 Å². The molecule has 0 spiro atoms. The number of hydrogen-bond acceptors (Lipinski definition) is 10. The number of carboxylic acids is 2. The SMILES string of the molecule is CC(C)(C)c1cc(N)n(-c2nc(Nc3cc(C(=O)[O-])cc(C(=O)[O-])c3)[nH]c(=O)n2)n1.[Na+].[Na+]. The number of H-pyrrole nitrogens is 1. The van der Waals surface area contributed by atoms with Gasteiger partial charge in [0.15, 0.2) is 0 Å². The van der Waals surface area contributed by atoms with Crippen LogP contribution in [0.4, 0.5) is 17.5 Å². The Balaban J connectivity index is 0.00000256. The topological polar surface area (TPSA) is 195 Å². The third kappa shape index (κ3) is 6.40. The molecule has 12 nitrogen and oxygen atoms in total. The van der Waals surface area contributed by atoms with Crippen molar-refractivity contribution in [2.75, 3.05) is 11.1 Å². The fourth-order valence-corrected chi connectivity index (χ4v) is 2.52. The number of nitrogens with zero attached hydrogens (tertiary/aromatic N) is 4. The number of carbonyl (C=O) groups excluding carboxylic acids is 2. The summed E-state index contributed by atoms with van der Waals surface area (Å²) in [6, 6.07) is 4.75. The van der Waals surface area contributed by atoms with E-state index in [1.807, 2.05) is 20.8 Å². The minimum absolute atomic E-state index is 0. The van der Waals surface area contributed by atoms with Crippen LogP contribution in [0.25, 0.3) is 5.95 Å². The van der Waals surface area contributed by atoms with Crippen molar-refractivity contribution in [3.05, 3.63) is 51.6 Å². The summed E-state index contributed by atoms with van der Waals surface area (Å²) in [6.07, 6.45) is 0. The Morgan fingerprint density at radius 3 is 2.06 bits per heavy atom. The van der Waals surface area contributed by atoms with Gasteiger partial charge in [0.25, 0.3) is 5.95 Å². The Kier molecular flexibility index (Phi) is 9.21. The molecule has 0 atom stereocenters. The van der Waals surface area contributed by atoms with Gasteiger partial charge in [0.1, 0.15) is 5.82 Å². The Bertz CT molecular complexity index is 1180. The first-order valence-corrected chi connectivity index (χ1v) is 8.63. The molecule has 4 N–H and O–H groups in total. The number of hydrogen-bond donors (Lipinski definition) is 3. The largest absolute Gasteiger partial charge is 1.00 e. The van der Waals surface area contributed by atoms with Crippen LogP contribution in [0, 0.1) is 0 Å². The summed E-state index contributed by atoms with van der Waals surface area (Å²) in [5, 5.41) is 29.2. The van der Waals surface area contributed by atoms with Crippen LogP contribution in [-0.4, -0.2) is 36.7 Å². The molecule has 0 aliphatic rings. The molecule has 2 aromatic heterocycles. The molecule has 0 unspecified atom stereocenters. The molecule has 0 bridgehead atoms. The first-order chi connectivity index (χ1) is 13.9. The quantitative estimate of drug-likeness (QED) is 0.310. The van der Waals surface area contributed by atoms with Crippen LogP contribution < -0.4 is 86.1 Å². The number of anilines is 3. The van der Waals surface area contributed by atoms with E-state index in [1.165, 1.54) is 4.68 Å². The molecular formula is C18H17N7Na2O5. The molecule has 1 aromatic carbocycles. The summed E-state index contributed by atoms with van der Waals surface area (Å²) in [7, 11) is 0. The second-order valence-corrected chi connectivity index (χ2v) is 7.42. The molecule has 0 amide bonds. The van der Waals surface area contributed by atoms with Crippen molar-refractivity contribution < 1.29 is 78.9 Å².